The molecule has 0 spiro atoms. The van der Waals surface area contributed by atoms with Crippen LogP contribution in [0.3, 0.4) is 0 Å². The van der Waals surface area contributed by atoms with Crippen LogP contribution in [0.15, 0.2) is 48.5 Å². The normalized spacial score (nSPS) is 18.5. The fraction of sp³-hybridized carbons (Fsp3) is 0.250. The Morgan fingerprint density at radius 2 is 1.81 bits per heavy atom. The molecule has 0 radical (unpaired) electrons. The molecule has 0 saturated carbocycles. The van der Waals surface area contributed by atoms with Crippen LogP contribution >= 0.6 is 0 Å². The maximum absolute atomic E-state index is 12.7. The Kier molecular flexibility index (Phi) is 4.75. The van der Waals surface area contributed by atoms with Crippen molar-refractivity contribution in [1.29, 1.82) is 0 Å². The number of esters is 1. The van der Waals surface area contributed by atoms with Gasteiger partial charge in [0.2, 0.25) is 5.91 Å². The third-order valence-electron chi connectivity index (χ3n) is 4.42. The Hall–Kier alpha value is -3.15. The SMILES string of the molecule is CNC(=O)Cc1ccc(NC(=O)C2(C)Cc3ccccc3C(=O)O2)cc1. The van der Waals surface area contributed by atoms with Gasteiger partial charge in [0.1, 0.15) is 0 Å². The first kappa shape index (κ1) is 17.7. The Balaban J connectivity index is 1.72. The van der Waals surface area contributed by atoms with Gasteiger partial charge in [-0.2, -0.15) is 0 Å². The van der Waals surface area contributed by atoms with Crippen LogP contribution in [-0.2, 0) is 27.2 Å². The van der Waals surface area contributed by atoms with E-state index in [4.69, 9.17) is 4.74 Å². The molecule has 1 unspecified atom stereocenters. The predicted octanol–water partition coefficient (Wildman–Crippen LogP) is 2.09. The quantitative estimate of drug-likeness (QED) is 0.825. The Morgan fingerprint density at radius 3 is 2.50 bits per heavy atom. The zero-order chi connectivity index (χ0) is 18.7. The lowest BCUT2D eigenvalue weighted by molar-refractivity contribution is -0.134. The van der Waals surface area contributed by atoms with E-state index in [0.29, 0.717) is 17.7 Å². The van der Waals surface area contributed by atoms with Gasteiger partial charge < -0.3 is 15.4 Å². The standard InChI is InChI=1S/C20H20N2O4/c1-20(12-14-5-3-4-6-16(14)18(24)26-20)19(25)22-15-9-7-13(8-10-15)11-17(23)21-2/h3-10H,11-12H2,1-2H3,(H,21,23)(H,22,25). The molecule has 2 aromatic rings. The van der Waals surface area contributed by atoms with Crippen LogP contribution in [-0.4, -0.2) is 30.4 Å². The number of rotatable bonds is 4. The van der Waals surface area contributed by atoms with Crippen LogP contribution in [0.5, 0.6) is 0 Å². The van der Waals surface area contributed by atoms with Crippen molar-refractivity contribution in [1.82, 2.24) is 5.32 Å². The van der Waals surface area contributed by atoms with Gasteiger partial charge in [-0.25, -0.2) is 4.79 Å². The van der Waals surface area contributed by atoms with Gasteiger partial charge in [0.05, 0.1) is 12.0 Å². The van der Waals surface area contributed by atoms with E-state index in [0.717, 1.165) is 11.1 Å². The van der Waals surface area contributed by atoms with Gasteiger partial charge in [-0.1, -0.05) is 30.3 Å². The third-order valence-corrected chi connectivity index (χ3v) is 4.42. The summed E-state index contributed by atoms with van der Waals surface area (Å²) in [5.41, 5.74) is 1.43. The predicted molar refractivity (Wildman–Crippen MR) is 96.8 cm³/mol. The Bertz CT molecular complexity index is 860. The van der Waals surface area contributed by atoms with Gasteiger partial charge in [-0.15, -0.1) is 0 Å². The first-order valence-corrected chi connectivity index (χ1v) is 8.33. The molecule has 6 nitrogen and oxygen atoms in total. The molecule has 26 heavy (non-hydrogen) atoms. The molecule has 0 bridgehead atoms. The third kappa shape index (κ3) is 3.59. The number of hydrogen-bond acceptors (Lipinski definition) is 4. The number of cyclic esters (lactones) is 1. The highest BCUT2D eigenvalue weighted by Gasteiger charge is 2.42. The molecule has 3 rings (SSSR count). The topological polar surface area (TPSA) is 84.5 Å². The van der Waals surface area contributed by atoms with Crippen LogP contribution < -0.4 is 10.6 Å². The molecular weight excluding hydrogens is 332 g/mol. The van der Waals surface area contributed by atoms with Crippen molar-refractivity contribution in [2.75, 3.05) is 12.4 Å². The summed E-state index contributed by atoms with van der Waals surface area (Å²) in [7, 11) is 1.58. The maximum atomic E-state index is 12.7. The average Bonchev–Trinajstić information content (AvgIpc) is 2.63. The molecule has 2 aromatic carbocycles. The van der Waals surface area contributed by atoms with E-state index in [-0.39, 0.29) is 18.2 Å². The van der Waals surface area contributed by atoms with E-state index in [1.54, 1.807) is 50.4 Å². The lowest BCUT2D eigenvalue weighted by Gasteiger charge is -2.33. The first-order valence-electron chi connectivity index (χ1n) is 8.33. The number of hydrogen-bond donors (Lipinski definition) is 2. The minimum Gasteiger partial charge on any atom is -0.445 e. The molecule has 1 aliphatic rings. The van der Waals surface area contributed by atoms with E-state index in [9.17, 15) is 14.4 Å². The Morgan fingerprint density at radius 1 is 1.12 bits per heavy atom. The lowest BCUT2D eigenvalue weighted by atomic mass is 9.89. The number of carbonyl (C=O) groups is 3. The smallest absolute Gasteiger partial charge is 0.339 e. The van der Waals surface area contributed by atoms with Crippen molar-refractivity contribution in [2.24, 2.45) is 0 Å². The monoisotopic (exact) mass is 352 g/mol. The summed E-state index contributed by atoms with van der Waals surface area (Å²) in [6, 6.07) is 14.1. The summed E-state index contributed by atoms with van der Waals surface area (Å²) < 4.78 is 5.42. The van der Waals surface area contributed by atoms with Crippen LogP contribution in [0.2, 0.25) is 0 Å². The van der Waals surface area contributed by atoms with Gasteiger partial charge in [0.15, 0.2) is 5.60 Å². The molecular formula is C20H20N2O4. The van der Waals surface area contributed by atoms with Crippen LogP contribution in [0, 0.1) is 0 Å². The van der Waals surface area contributed by atoms with Crippen molar-refractivity contribution in [3.05, 3.63) is 65.2 Å². The molecule has 1 atom stereocenters. The number of nitrogens with one attached hydrogen (secondary N) is 2. The van der Waals surface area contributed by atoms with E-state index in [1.807, 2.05) is 12.1 Å². The van der Waals surface area contributed by atoms with Gasteiger partial charge >= 0.3 is 5.97 Å². The fourth-order valence-corrected chi connectivity index (χ4v) is 2.90. The Labute approximate surface area is 151 Å². The average molecular weight is 352 g/mol. The van der Waals surface area contributed by atoms with Crippen molar-refractivity contribution in [2.45, 2.75) is 25.4 Å². The summed E-state index contributed by atoms with van der Waals surface area (Å²) >= 11 is 0. The van der Waals surface area contributed by atoms with Crippen LogP contribution in [0.4, 0.5) is 5.69 Å². The van der Waals surface area contributed by atoms with Gasteiger partial charge in [0.25, 0.3) is 5.91 Å². The molecule has 1 aliphatic heterocycles. The molecule has 1 heterocycles. The summed E-state index contributed by atoms with van der Waals surface area (Å²) in [4.78, 5) is 36.3. The number of carbonyl (C=O) groups excluding carboxylic acids is 3. The second-order valence-electron chi connectivity index (χ2n) is 6.46. The molecule has 2 N–H and O–H groups in total. The zero-order valence-corrected chi connectivity index (χ0v) is 14.7. The highest BCUT2D eigenvalue weighted by Crippen LogP contribution is 2.29. The van der Waals surface area contributed by atoms with Crippen LogP contribution in [0.1, 0.15) is 28.4 Å². The number of fused-ring (bicyclic) bond motifs is 1. The highest BCUT2D eigenvalue weighted by atomic mass is 16.6. The maximum Gasteiger partial charge on any atom is 0.339 e. The van der Waals surface area contributed by atoms with E-state index >= 15 is 0 Å². The van der Waals surface area contributed by atoms with Crippen molar-refractivity contribution in [3.8, 4) is 0 Å². The highest BCUT2D eigenvalue weighted by molar-refractivity contribution is 6.02. The van der Waals surface area contributed by atoms with E-state index in [1.165, 1.54) is 0 Å². The largest absolute Gasteiger partial charge is 0.445 e. The summed E-state index contributed by atoms with van der Waals surface area (Å²) in [6.45, 7) is 1.61. The molecule has 0 fully saturated rings. The van der Waals surface area contributed by atoms with E-state index < -0.39 is 11.6 Å². The van der Waals surface area contributed by atoms with Crippen LogP contribution in [0.25, 0.3) is 0 Å². The minimum absolute atomic E-state index is 0.0814. The second kappa shape index (κ2) is 7.00. The lowest BCUT2D eigenvalue weighted by Crippen LogP contribution is -2.48. The molecule has 2 amide bonds. The number of ether oxygens (including phenoxy) is 1. The van der Waals surface area contributed by atoms with Crippen molar-refractivity contribution in [3.63, 3.8) is 0 Å². The molecule has 0 saturated heterocycles. The van der Waals surface area contributed by atoms with Gasteiger partial charge in [0, 0.05) is 19.2 Å². The fourth-order valence-electron chi connectivity index (χ4n) is 2.90. The molecule has 134 valence electrons. The molecule has 0 aromatic heterocycles. The molecule has 0 aliphatic carbocycles. The molecule has 6 heteroatoms. The number of benzene rings is 2. The van der Waals surface area contributed by atoms with E-state index in [2.05, 4.69) is 10.6 Å². The summed E-state index contributed by atoms with van der Waals surface area (Å²) in [5.74, 6) is -0.966. The summed E-state index contributed by atoms with van der Waals surface area (Å²) in [5, 5.41) is 5.34. The minimum atomic E-state index is -1.27. The summed E-state index contributed by atoms with van der Waals surface area (Å²) in [6.07, 6.45) is 0.590. The van der Waals surface area contributed by atoms with Gasteiger partial charge in [-0.3, -0.25) is 9.59 Å². The number of amides is 2. The van der Waals surface area contributed by atoms with Crippen molar-refractivity contribution < 1.29 is 19.1 Å². The number of anilines is 1. The first-order chi connectivity index (χ1) is 12.4. The van der Waals surface area contributed by atoms with Gasteiger partial charge in [-0.05, 0) is 36.2 Å². The van der Waals surface area contributed by atoms with Crippen molar-refractivity contribution >= 4 is 23.5 Å². The second-order valence-corrected chi connectivity index (χ2v) is 6.46. The number of likely N-dealkylation sites (N-methyl/N-ethyl adjacent to an activating group) is 1. The zero-order valence-electron chi connectivity index (χ0n) is 14.7.